The number of hydrogen-bond acceptors (Lipinski definition) is 5. The molecule has 0 unspecified atom stereocenters. The van der Waals surface area contributed by atoms with E-state index in [1.807, 2.05) is 54.6 Å². The number of rotatable bonds is 5. The minimum Gasteiger partial charge on any atom is -0.435 e. The van der Waals surface area contributed by atoms with Crippen molar-refractivity contribution < 1.29 is 4.42 Å². The lowest BCUT2D eigenvalue weighted by atomic mass is 9.87. The predicted octanol–water partition coefficient (Wildman–Crippen LogP) is 11.1. The van der Waals surface area contributed by atoms with Crippen molar-refractivity contribution in [2.45, 2.75) is 26.2 Å². The van der Waals surface area contributed by atoms with Gasteiger partial charge < -0.3 is 4.42 Å². The van der Waals surface area contributed by atoms with Gasteiger partial charge in [-0.25, -0.2) is 9.97 Å². The van der Waals surface area contributed by atoms with Crippen LogP contribution in [0.15, 0.2) is 150 Å². The molecule has 0 saturated carbocycles. The van der Waals surface area contributed by atoms with Gasteiger partial charge in [0.05, 0.1) is 16.6 Å². The van der Waals surface area contributed by atoms with E-state index in [1.54, 1.807) is 0 Å². The molecule has 0 fully saturated rings. The number of aromatic nitrogens is 5. The van der Waals surface area contributed by atoms with Crippen LogP contribution in [-0.4, -0.2) is 24.5 Å². The van der Waals surface area contributed by atoms with Gasteiger partial charge in [-0.05, 0) is 58.5 Å². The van der Waals surface area contributed by atoms with Crippen molar-refractivity contribution in [3.8, 4) is 51.3 Å². The number of benzene rings is 6. The Morgan fingerprint density at radius 1 is 0.500 bits per heavy atom. The van der Waals surface area contributed by atoms with Crippen LogP contribution in [0.5, 0.6) is 0 Å². The van der Waals surface area contributed by atoms with Crippen molar-refractivity contribution in [1.29, 1.82) is 0 Å². The summed E-state index contributed by atoms with van der Waals surface area (Å²) in [5.41, 5.74) is 9.54. The summed E-state index contributed by atoms with van der Waals surface area (Å²) in [6.07, 6.45) is 0. The van der Waals surface area contributed by atoms with Crippen molar-refractivity contribution in [1.82, 2.24) is 24.5 Å². The number of hydrogen-bond donors (Lipinski definition) is 0. The molecule has 9 rings (SSSR count). The highest BCUT2D eigenvalue weighted by atomic mass is 16.3. The summed E-state index contributed by atoms with van der Waals surface area (Å²) < 4.78 is 8.61. The van der Waals surface area contributed by atoms with Gasteiger partial charge in [-0.15, -0.1) is 0 Å². The van der Waals surface area contributed by atoms with E-state index in [4.69, 9.17) is 24.4 Å². The minimum absolute atomic E-state index is 0.0196. The van der Waals surface area contributed by atoms with E-state index < -0.39 is 0 Å². The molecule has 6 nitrogen and oxygen atoms in total. The molecule has 3 aromatic heterocycles. The molecule has 9 aromatic rings. The highest BCUT2D eigenvalue weighted by molar-refractivity contribution is 6.15. The maximum absolute atomic E-state index is 6.46. The van der Waals surface area contributed by atoms with Crippen LogP contribution in [-0.2, 0) is 5.41 Å². The second-order valence-electron chi connectivity index (χ2n) is 13.6. The zero-order chi connectivity index (χ0) is 33.8. The molecule has 240 valence electrons. The van der Waals surface area contributed by atoms with Crippen LogP contribution in [0.1, 0.15) is 26.3 Å². The number of para-hydroxylation sites is 2. The Kier molecular flexibility index (Phi) is 6.92. The van der Waals surface area contributed by atoms with E-state index in [0.29, 0.717) is 29.1 Å². The molecular formula is C44H33N5O. The highest BCUT2D eigenvalue weighted by Gasteiger charge is 2.22. The molecule has 0 atom stereocenters. The van der Waals surface area contributed by atoms with E-state index in [0.717, 1.165) is 55.1 Å². The summed E-state index contributed by atoms with van der Waals surface area (Å²) in [5.74, 6) is 2.17. The lowest BCUT2D eigenvalue weighted by Crippen LogP contribution is -2.10. The molecule has 0 spiro atoms. The molecule has 50 heavy (non-hydrogen) atoms. The SMILES string of the molecule is CC(C)(C)c1ccc(-c2nc(-c3cccc4nc(-c5ccccc5)oc34)nc(-n3c4ccccc4c4c(-c5ccccc5)cccc43)n2)cc1. The Labute approximate surface area is 289 Å². The van der Waals surface area contributed by atoms with Crippen molar-refractivity contribution >= 4 is 32.9 Å². The van der Waals surface area contributed by atoms with Crippen LogP contribution in [0.4, 0.5) is 0 Å². The third-order valence-electron chi connectivity index (χ3n) is 9.29. The molecule has 3 heterocycles. The van der Waals surface area contributed by atoms with E-state index in [1.165, 1.54) is 5.56 Å². The maximum Gasteiger partial charge on any atom is 0.238 e. The lowest BCUT2D eigenvalue weighted by molar-refractivity contribution is 0.590. The maximum atomic E-state index is 6.46. The molecule has 0 bridgehead atoms. The number of nitrogens with zero attached hydrogens (tertiary/aromatic N) is 5. The molecular weight excluding hydrogens is 615 g/mol. The molecule has 6 aromatic carbocycles. The molecule has 0 amide bonds. The second-order valence-corrected chi connectivity index (χ2v) is 13.6. The quantitative estimate of drug-likeness (QED) is 0.186. The van der Waals surface area contributed by atoms with Gasteiger partial charge in [0.25, 0.3) is 0 Å². The Morgan fingerprint density at radius 2 is 1.14 bits per heavy atom. The van der Waals surface area contributed by atoms with Crippen molar-refractivity contribution in [2.75, 3.05) is 0 Å². The second kappa shape index (κ2) is 11.6. The van der Waals surface area contributed by atoms with Crippen molar-refractivity contribution in [2.24, 2.45) is 0 Å². The average Bonchev–Trinajstić information content (AvgIpc) is 3.75. The van der Waals surface area contributed by atoms with Crippen LogP contribution in [0, 0.1) is 0 Å². The molecule has 0 aliphatic heterocycles. The lowest BCUT2D eigenvalue weighted by Gasteiger charge is -2.19. The normalized spacial score (nSPS) is 11.9. The third kappa shape index (κ3) is 5.04. The fourth-order valence-electron chi connectivity index (χ4n) is 6.76. The van der Waals surface area contributed by atoms with Crippen molar-refractivity contribution in [3.05, 3.63) is 151 Å². The Morgan fingerprint density at radius 3 is 1.90 bits per heavy atom. The summed E-state index contributed by atoms with van der Waals surface area (Å²) in [4.78, 5) is 20.4. The first-order valence-corrected chi connectivity index (χ1v) is 16.8. The molecule has 0 N–H and O–H groups in total. The van der Waals surface area contributed by atoms with Crippen LogP contribution in [0.2, 0.25) is 0 Å². The summed E-state index contributed by atoms with van der Waals surface area (Å²) in [7, 11) is 0. The summed E-state index contributed by atoms with van der Waals surface area (Å²) in [6.45, 7) is 6.65. The molecule has 6 heteroatoms. The Hall–Kier alpha value is -6.40. The third-order valence-corrected chi connectivity index (χ3v) is 9.29. The first kappa shape index (κ1) is 29.7. The zero-order valence-electron chi connectivity index (χ0n) is 28.0. The first-order chi connectivity index (χ1) is 24.4. The standard InChI is InChI=1S/C44H33N5O/c1-44(2,3)31-26-24-29(25-27-31)40-46-41(34-20-12-21-35-39(34)50-42(45-35)30-16-8-5-9-17-30)48-43(47-40)49-36-22-11-10-18-33(36)38-32(19-13-23-37(38)49)28-14-6-4-7-15-28/h4-27H,1-3H3. The zero-order valence-corrected chi connectivity index (χ0v) is 28.0. The van der Waals surface area contributed by atoms with E-state index in [9.17, 15) is 0 Å². The van der Waals surface area contributed by atoms with Crippen LogP contribution >= 0.6 is 0 Å². The van der Waals surface area contributed by atoms with Gasteiger partial charge in [0.2, 0.25) is 11.8 Å². The largest absolute Gasteiger partial charge is 0.435 e. The minimum atomic E-state index is 0.0196. The smallest absolute Gasteiger partial charge is 0.238 e. The molecule has 0 saturated heterocycles. The van der Waals surface area contributed by atoms with Gasteiger partial charge >= 0.3 is 0 Å². The Bertz CT molecular complexity index is 2670. The van der Waals surface area contributed by atoms with Gasteiger partial charge in [-0.2, -0.15) is 9.97 Å². The van der Waals surface area contributed by atoms with E-state index in [-0.39, 0.29) is 5.41 Å². The molecule has 0 aliphatic rings. The monoisotopic (exact) mass is 647 g/mol. The van der Waals surface area contributed by atoms with Gasteiger partial charge in [0.1, 0.15) is 5.52 Å². The highest BCUT2D eigenvalue weighted by Crippen LogP contribution is 2.39. The topological polar surface area (TPSA) is 69.6 Å². The fourth-order valence-corrected chi connectivity index (χ4v) is 6.76. The molecule has 0 aliphatic carbocycles. The predicted molar refractivity (Wildman–Crippen MR) is 202 cm³/mol. The first-order valence-electron chi connectivity index (χ1n) is 16.8. The van der Waals surface area contributed by atoms with Crippen molar-refractivity contribution in [3.63, 3.8) is 0 Å². The summed E-state index contributed by atoms with van der Waals surface area (Å²) >= 11 is 0. The van der Waals surface area contributed by atoms with Crippen LogP contribution in [0.25, 0.3) is 84.2 Å². The van der Waals surface area contributed by atoms with E-state index in [2.05, 4.69) is 116 Å². The van der Waals surface area contributed by atoms with Gasteiger partial charge in [0, 0.05) is 21.9 Å². The van der Waals surface area contributed by atoms with Crippen LogP contribution < -0.4 is 0 Å². The Balaban J connectivity index is 1.31. The fraction of sp³-hybridized carbons (Fsp3) is 0.0909. The van der Waals surface area contributed by atoms with E-state index >= 15 is 0 Å². The van der Waals surface area contributed by atoms with Gasteiger partial charge in [-0.1, -0.05) is 130 Å². The van der Waals surface area contributed by atoms with Gasteiger partial charge in [-0.3, -0.25) is 4.57 Å². The average molecular weight is 648 g/mol. The van der Waals surface area contributed by atoms with Crippen LogP contribution in [0.3, 0.4) is 0 Å². The summed E-state index contributed by atoms with van der Waals surface area (Å²) in [5, 5.41) is 2.28. The van der Waals surface area contributed by atoms with Gasteiger partial charge in [0.15, 0.2) is 17.2 Å². The molecule has 0 radical (unpaired) electrons. The number of fused-ring (bicyclic) bond motifs is 4. The summed E-state index contributed by atoms with van der Waals surface area (Å²) in [6, 6.07) is 49.8. The number of oxazole rings is 1.